The van der Waals surface area contributed by atoms with Gasteiger partial charge in [0.25, 0.3) is 0 Å². The minimum absolute atomic E-state index is 0.00741. The molecule has 0 aromatic heterocycles. The van der Waals surface area contributed by atoms with Gasteiger partial charge in [0.1, 0.15) is 12.1 Å². The Morgan fingerprint density at radius 2 is 2.07 bits per heavy atom. The highest BCUT2D eigenvalue weighted by Crippen LogP contribution is 2.16. The van der Waals surface area contributed by atoms with E-state index in [1.165, 1.54) is 0 Å². The van der Waals surface area contributed by atoms with E-state index >= 15 is 0 Å². The molecule has 0 aromatic carbocycles. The fourth-order valence-corrected chi connectivity index (χ4v) is 1.09. The molecule has 0 aromatic rings. The summed E-state index contributed by atoms with van der Waals surface area (Å²) in [4.78, 5) is 0. The molecule has 2 N–H and O–H groups in total. The summed E-state index contributed by atoms with van der Waals surface area (Å²) in [5.74, 6) is 0.00741. The van der Waals surface area contributed by atoms with Crippen LogP contribution in [0.4, 0.5) is 0 Å². The van der Waals surface area contributed by atoms with Crippen LogP contribution in [0.15, 0.2) is 34.9 Å². The first kappa shape index (κ1) is 9.88. The molecule has 0 amide bonds. The average Bonchev–Trinajstić information content (AvgIpc) is 2.20. The normalized spacial score (nSPS) is 14.4. The number of aliphatic hydroxyl groups is 1. The van der Waals surface area contributed by atoms with E-state index in [0.29, 0.717) is 12.1 Å². The standard InChI is InChI=1S/C10H9N3O/c1-2-7-3-4-9(13-10(7)14)8(5-11)6-12/h3-4,13-14H,2H2,1H3. The zero-order chi connectivity index (χ0) is 10.6. The molecule has 4 heteroatoms. The lowest BCUT2D eigenvalue weighted by Gasteiger charge is -2.13. The maximum Gasteiger partial charge on any atom is 0.191 e. The summed E-state index contributed by atoms with van der Waals surface area (Å²) in [6, 6.07) is 3.49. The lowest BCUT2D eigenvalue weighted by Crippen LogP contribution is -2.17. The first-order chi connectivity index (χ1) is 6.72. The summed E-state index contributed by atoms with van der Waals surface area (Å²) in [5, 5.41) is 29.2. The van der Waals surface area contributed by atoms with E-state index in [1.54, 1.807) is 24.3 Å². The molecule has 0 aliphatic carbocycles. The Bertz CT molecular complexity index is 400. The van der Waals surface area contributed by atoms with Crippen molar-refractivity contribution < 1.29 is 5.11 Å². The predicted octanol–water partition coefficient (Wildman–Crippen LogP) is 1.63. The third-order valence-electron chi connectivity index (χ3n) is 1.88. The molecule has 0 saturated heterocycles. The van der Waals surface area contributed by atoms with E-state index in [-0.39, 0.29) is 11.5 Å². The van der Waals surface area contributed by atoms with Crippen molar-refractivity contribution in [3.05, 3.63) is 34.9 Å². The van der Waals surface area contributed by atoms with Gasteiger partial charge in [-0.15, -0.1) is 0 Å². The first-order valence-corrected chi connectivity index (χ1v) is 4.14. The second-order valence-electron chi connectivity index (χ2n) is 2.70. The molecule has 0 spiro atoms. The fraction of sp³-hybridized carbons (Fsp3) is 0.200. The topological polar surface area (TPSA) is 79.8 Å². The highest BCUT2D eigenvalue weighted by molar-refractivity contribution is 5.48. The average molecular weight is 187 g/mol. The van der Waals surface area contributed by atoms with Gasteiger partial charge < -0.3 is 10.4 Å². The number of hydrogen-bond acceptors (Lipinski definition) is 4. The number of dihydropyridines is 1. The summed E-state index contributed by atoms with van der Waals surface area (Å²) < 4.78 is 0. The Morgan fingerprint density at radius 1 is 1.43 bits per heavy atom. The number of aliphatic hydroxyl groups excluding tert-OH is 1. The van der Waals surface area contributed by atoms with Crippen LogP contribution in [0.3, 0.4) is 0 Å². The third-order valence-corrected chi connectivity index (χ3v) is 1.88. The molecular weight excluding hydrogens is 178 g/mol. The van der Waals surface area contributed by atoms with E-state index in [1.807, 2.05) is 6.92 Å². The Labute approximate surface area is 82.1 Å². The van der Waals surface area contributed by atoms with E-state index in [2.05, 4.69) is 5.32 Å². The number of allylic oxidation sites excluding steroid dienone is 4. The van der Waals surface area contributed by atoms with Crippen molar-refractivity contribution in [1.29, 1.82) is 10.5 Å². The van der Waals surface area contributed by atoms with Gasteiger partial charge in [-0.2, -0.15) is 10.5 Å². The number of nitrogens with zero attached hydrogens (tertiary/aromatic N) is 2. The Morgan fingerprint density at radius 3 is 2.50 bits per heavy atom. The van der Waals surface area contributed by atoms with Crippen molar-refractivity contribution in [3.63, 3.8) is 0 Å². The van der Waals surface area contributed by atoms with Crippen LogP contribution in [0.5, 0.6) is 0 Å². The van der Waals surface area contributed by atoms with Gasteiger partial charge in [-0.3, -0.25) is 0 Å². The molecule has 4 nitrogen and oxygen atoms in total. The van der Waals surface area contributed by atoms with Gasteiger partial charge in [0.15, 0.2) is 11.5 Å². The Kier molecular flexibility index (Phi) is 2.93. The van der Waals surface area contributed by atoms with Crippen molar-refractivity contribution in [3.8, 4) is 12.1 Å². The molecule has 0 atom stereocenters. The van der Waals surface area contributed by atoms with Crippen molar-refractivity contribution in [1.82, 2.24) is 5.32 Å². The van der Waals surface area contributed by atoms with E-state index in [9.17, 15) is 5.11 Å². The van der Waals surface area contributed by atoms with Crippen molar-refractivity contribution >= 4 is 0 Å². The molecule has 1 aliphatic rings. The van der Waals surface area contributed by atoms with Gasteiger partial charge in [0.05, 0.1) is 5.70 Å². The summed E-state index contributed by atoms with van der Waals surface area (Å²) in [5.41, 5.74) is 1.05. The van der Waals surface area contributed by atoms with Crippen LogP contribution in [-0.4, -0.2) is 5.11 Å². The summed E-state index contributed by atoms with van der Waals surface area (Å²) in [7, 11) is 0. The monoisotopic (exact) mass is 187 g/mol. The zero-order valence-corrected chi connectivity index (χ0v) is 7.70. The number of rotatable bonds is 1. The summed E-state index contributed by atoms with van der Waals surface area (Å²) in [6.07, 6.45) is 3.99. The van der Waals surface area contributed by atoms with Crippen LogP contribution in [0.25, 0.3) is 0 Å². The highest BCUT2D eigenvalue weighted by Gasteiger charge is 2.11. The maximum absolute atomic E-state index is 9.44. The molecule has 1 rings (SSSR count). The van der Waals surface area contributed by atoms with E-state index < -0.39 is 0 Å². The number of hydrogen-bond donors (Lipinski definition) is 2. The number of nitriles is 2. The van der Waals surface area contributed by atoms with Crippen LogP contribution in [-0.2, 0) is 0 Å². The van der Waals surface area contributed by atoms with Crippen molar-refractivity contribution in [2.24, 2.45) is 0 Å². The largest absolute Gasteiger partial charge is 0.494 e. The van der Waals surface area contributed by atoms with Crippen LogP contribution < -0.4 is 5.32 Å². The Hall–Kier alpha value is -2.20. The predicted molar refractivity (Wildman–Crippen MR) is 50.5 cm³/mol. The maximum atomic E-state index is 9.44. The molecule has 0 saturated carbocycles. The van der Waals surface area contributed by atoms with E-state index in [4.69, 9.17) is 10.5 Å². The lowest BCUT2D eigenvalue weighted by atomic mass is 10.1. The smallest absolute Gasteiger partial charge is 0.191 e. The Balaban J connectivity index is 3.05. The minimum Gasteiger partial charge on any atom is -0.494 e. The van der Waals surface area contributed by atoms with Gasteiger partial charge in [-0.05, 0) is 12.5 Å². The second kappa shape index (κ2) is 4.15. The molecule has 0 unspecified atom stereocenters. The molecule has 14 heavy (non-hydrogen) atoms. The molecule has 1 aliphatic heterocycles. The fourth-order valence-electron chi connectivity index (χ4n) is 1.09. The molecule has 0 fully saturated rings. The SMILES string of the molecule is CCC1=C(O)NC(=C(C#N)C#N)C=C1. The van der Waals surface area contributed by atoms with Crippen molar-refractivity contribution in [2.75, 3.05) is 0 Å². The highest BCUT2D eigenvalue weighted by atomic mass is 16.3. The minimum atomic E-state index is -0.0389. The summed E-state index contributed by atoms with van der Waals surface area (Å²) >= 11 is 0. The first-order valence-electron chi connectivity index (χ1n) is 4.14. The molecular formula is C10H9N3O. The van der Waals surface area contributed by atoms with Gasteiger partial charge in [-0.1, -0.05) is 13.0 Å². The third kappa shape index (κ3) is 1.75. The van der Waals surface area contributed by atoms with Crippen molar-refractivity contribution in [2.45, 2.75) is 13.3 Å². The molecule has 0 bridgehead atoms. The van der Waals surface area contributed by atoms with Gasteiger partial charge in [0, 0.05) is 5.57 Å². The zero-order valence-electron chi connectivity index (χ0n) is 7.70. The van der Waals surface area contributed by atoms with Crippen LogP contribution in [0.2, 0.25) is 0 Å². The second-order valence-corrected chi connectivity index (χ2v) is 2.70. The summed E-state index contributed by atoms with van der Waals surface area (Å²) in [6.45, 7) is 1.90. The number of nitrogens with one attached hydrogen (secondary N) is 1. The molecule has 0 radical (unpaired) electrons. The van der Waals surface area contributed by atoms with Gasteiger partial charge in [0.2, 0.25) is 0 Å². The molecule has 1 heterocycles. The molecule has 70 valence electrons. The lowest BCUT2D eigenvalue weighted by molar-refractivity contribution is 0.370. The van der Waals surface area contributed by atoms with Crippen LogP contribution >= 0.6 is 0 Å². The quantitative estimate of drug-likeness (QED) is 0.611. The van der Waals surface area contributed by atoms with Crippen LogP contribution in [0.1, 0.15) is 13.3 Å². The van der Waals surface area contributed by atoms with Crippen LogP contribution in [0, 0.1) is 22.7 Å². The van der Waals surface area contributed by atoms with Gasteiger partial charge in [-0.25, -0.2) is 0 Å². The van der Waals surface area contributed by atoms with E-state index in [0.717, 1.165) is 5.57 Å². The van der Waals surface area contributed by atoms with Gasteiger partial charge >= 0.3 is 0 Å².